The Labute approximate surface area is 147 Å². The lowest BCUT2D eigenvalue weighted by Crippen LogP contribution is -2.38. The highest BCUT2D eigenvalue weighted by Gasteiger charge is 2.43. The van der Waals surface area contributed by atoms with Gasteiger partial charge < -0.3 is 5.32 Å². The van der Waals surface area contributed by atoms with Crippen molar-refractivity contribution in [3.05, 3.63) is 46.1 Å². The van der Waals surface area contributed by atoms with Gasteiger partial charge in [0.25, 0.3) is 0 Å². The van der Waals surface area contributed by atoms with Crippen molar-refractivity contribution in [1.82, 2.24) is 9.78 Å². The topological polar surface area (TPSA) is 46.9 Å². The van der Waals surface area contributed by atoms with Gasteiger partial charge in [-0.1, -0.05) is 36.6 Å². The second kappa shape index (κ2) is 5.92. The van der Waals surface area contributed by atoms with E-state index >= 15 is 0 Å². The van der Waals surface area contributed by atoms with Gasteiger partial charge in [0.05, 0.1) is 11.1 Å². The molecule has 126 valence electrons. The number of aryl methyl sites for hydroxylation is 2. The van der Waals surface area contributed by atoms with E-state index in [1.807, 2.05) is 36.0 Å². The number of benzene rings is 1. The van der Waals surface area contributed by atoms with Gasteiger partial charge in [-0.15, -0.1) is 0 Å². The first kappa shape index (κ1) is 15.7. The van der Waals surface area contributed by atoms with Crippen LogP contribution in [0.2, 0.25) is 5.02 Å². The molecule has 0 spiro atoms. The molecule has 1 amide bonds. The summed E-state index contributed by atoms with van der Waals surface area (Å²) >= 11 is 6.03. The third-order valence-electron chi connectivity index (χ3n) is 5.59. The fourth-order valence-corrected chi connectivity index (χ4v) is 4.42. The molecule has 4 rings (SSSR count). The maximum absolute atomic E-state index is 13.3. The Morgan fingerprint density at radius 1 is 1.17 bits per heavy atom. The predicted molar refractivity (Wildman–Crippen MR) is 95.5 cm³/mol. The molecule has 1 aromatic heterocycles. The number of hydrogen-bond donors (Lipinski definition) is 1. The maximum Gasteiger partial charge on any atom is 0.236 e. The van der Waals surface area contributed by atoms with Gasteiger partial charge in [0.15, 0.2) is 0 Å². The van der Waals surface area contributed by atoms with Crippen LogP contribution in [0.5, 0.6) is 0 Å². The number of nitrogens with one attached hydrogen (secondary N) is 1. The smallest absolute Gasteiger partial charge is 0.236 e. The number of fused-ring (bicyclic) bond motifs is 1. The molecule has 2 aliphatic rings. The Morgan fingerprint density at radius 2 is 1.88 bits per heavy atom. The van der Waals surface area contributed by atoms with E-state index in [1.54, 1.807) is 0 Å². The summed E-state index contributed by atoms with van der Waals surface area (Å²) in [6.45, 7) is 0. The molecule has 0 atom stereocenters. The Kier molecular flexibility index (Phi) is 3.87. The number of carbonyl (C=O) groups is 1. The van der Waals surface area contributed by atoms with Crippen LogP contribution in [0.4, 0.5) is 5.82 Å². The van der Waals surface area contributed by atoms with Crippen LogP contribution in [0.3, 0.4) is 0 Å². The van der Waals surface area contributed by atoms with Crippen molar-refractivity contribution in [1.29, 1.82) is 0 Å². The van der Waals surface area contributed by atoms with Gasteiger partial charge in [-0.3, -0.25) is 9.48 Å². The molecule has 2 aliphatic carbocycles. The predicted octanol–water partition coefficient (Wildman–Crippen LogP) is 4.01. The van der Waals surface area contributed by atoms with E-state index < -0.39 is 5.41 Å². The second-order valence-electron chi connectivity index (χ2n) is 7.00. The second-order valence-corrected chi connectivity index (χ2v) is 7.44. The van der Waals surface area contributed by atoms with Crippen molar-refractivity contribution >= 4 is 23.3 Å². The van der Waals surface area contributed by atoms with Crippen molar-refractivity contribution in [2.24, 2.45) is 7.05 Å². The van der Waals surface area contributed by atoms with E-state index in [2.05, 4.69) is 10.4 Å². The van der Waals surface area contributed by atoms with Gasteiger partial charge >= 0.3 is 0 Å². The first-order valence-electron chi connectivity index (χ1n) is 8.72. The number of carbonyl (C=O) groups excluding carboxylic acids is 1. The molecule has 0 aliphatic heterocycles. The van der Waals surface area contributed by atoms with Crippen molar-refractivity contribution in [3.8, 4) is 0 Å². The van der Waals surface area contributed by atoms with E-state index in [9.17, 15) is 4.79 Å². The molecule has 0 unspecified atom stereocenters. The van der Waals surface area contributed by atoms with Gasteiger partial charge in [0, 0.05) is 17.6 Å². The average molecular weight is 344 g/mol. The Balaban J connectivity index is 1.67. The van der Waals surface area contributed by atoms with E-state index in [0.717, 1.165) is 62.0 Å². The average Bonchev–Trinajstić information content (AvgIpc) is 3.27. The van der Waals surface area contributed by atoms with Crippen molar-refractivity contribution in [2.45, 2.75) is 50.4 Å². The molecular formula is C19H22ClN3O. The number of hydrogen-bond acceptors (Lipinski definition) is 2. The molecule has 2 aromatic rings. The lowest BCUT2D eigenvalue weighted by Gasteiger charge is -2.28. The van der Waals surface area contributed by atoms with Crippen LogP contribution in [0.1, 0.15) is 48.9 Å². The number of aromatic nitrogens is 2. The van der Waals surface area contributed by atoms with Gasteiger partial charge in [-0.25, -0.2) is 0 Å². The van der Waals surface area contributed by atoms with Crippen LogP contribution >= 0.6 is 11.6 Å². The molecule has 1 heterocycles. The molecule has 1 saturated carbocycles. The normalized spacial score (nSPS) is 18.6. The molecule has 0 bridgehead atoms. The molecule has 1 N–H and O–H groups in total. The summed E-state index contributed by atoms with van der Waals surface area (Å²) in [5, 5.41) is 8.48. The quantitative estimate of drug-likeness (QED) is 0.915. The SMILES string of the molecule is Cn1nc2c(c1NC(=O)C1(c3ccc(Cl)cc3)CCCC1)CCC2. The lowest BCUT2D eigenvalue weighted by atomic mass is 9.78. The van der Waals surface area contributed by atoms with E-state index in [0.29, 0.717) is 5.02 Å². The Bertz CT molecular complexity index is 773. The first-order valence-corrected chi connectivity index (χ1v) is 9.10. The number of halogens is 1. The van der Waals surface area contributed by atoms with Crippen LogP contribution < -0.4 is 5.32 Å². The minimum absolute atomic E-state index is 0.0972. The molecule has 5 heteroatoms. The lowest BCUT2D eigenvalue weighted by molar-refractivity contribution is -0.121. The minimum Gasteiger partial charge on any atom is -0.310 e. The molecule has 0 saturated heterocycles. The number of anilines is 1. The maximum atomic E-state index is 13.3. The van der Waals surface area contributed by atoms with Gasteiger partial charge in [-0.05, 0) is 49.8 Å². The minimum atomic E-state index is -0.444. The zero-order chi connectivity index (χ0) is 16.7. The summed E-state index contributed by atoms with van der Waals surface area (Å²) in [4.78, 5) is 13.3. The molecule has 0 radical (unpaired) electrons. The summed E-state index contributed by atoms with van der Waals surface area (Å²) in [6, 6.07) is 7.76. The molecular weight excluding hydrogens is 322 g/mol. The summed E-state index contributed by atoms with van der Waals surface area (Å²) in [6.07, 6.45) is 7.10. The summed E-state index contributed by atoms with van der Waals surface area (Å²) < 4.78 is 1.83. The van der Waals surface area contributed by atoms with Gasteiger partial charge in [0.2, 0.25) is 5.91 Å². The van der Waals surface area contributed by atoms with E-state index in [1.165, 1.54) is 5.56 Å². The van der Waals surface area contributed by atoms with Crippen molar-refractivity contribution < 1.29 is 4.79 Å². The largest absolute Gasteiger partial charge is 0.310 e. The Morgan fingerprint density at radius 3 is 2.58 bits per heavy atom. The highest BCUT2D eigenvalue weighted by molar-refractivity contribution is 6.30. The fourth-order valence-electron chi connectivity index (χ4n) is 4.30. The van der Waals surface area contributed by atoms with Crippen LogP contribution in [0, 0.1) is 0 Å². The fraction of sp³-hybridized carbons (Fsp3) is 0.474. The zero-order valence-electron chi connectivity index (χ0n) is 13.9. The molecule has 1 fully saturated rings. The zero-order valence-corrected chi connectivity index (χ0v) is 14.7. The highest BCUT2D eigenvalue weighted by atomic mass is 35.5. The van der Waals surface area contributed by atoms with E-state index in [4.69, 9.17) is 11.6 Å². The Hall–Kier alpha value is -1.81. The number of rotatable bonds is 3. The number of amides is 1. The summed E-state index contributed by atoms with van der Waals surface area (Å²) in [5.41, 5.74) is 2.98. The van der Waals surface area contributed by atoms with E-state index in [-0.39, 0.29) is 5.91 Å². The molecule has 24 heavy (non-hydrogen) atoms. The standard InChI is InChI=1S/C19H22ClN3O/c1-23-17(15-5-4-6-16(15)22-23)21-18(24)19(11-2-3-12-19)13-7-9-14(20)10-8-13/h7-10H,2-6,11-12H2,1H3,(H,21,24). The molecule has 4 nitrogen and oxygen atoms in total. The number of nitrogens with zero attached hydrogens (tertiary/aromatic N) is 2. The van der Waals surface area contributed by atoms with Crippen LogP contribution in [0.25, 0.3) is 0 Å². The third-order valence-corrected chi connectivity index (χ3v) is 5.84. The van der Waals surface area contributed by atoms with Crippen molar-refractivity contribution in [3.63, 3.8) is 0 Å². The van der Waals surface area contributed by atoms with Gasteiger partial charge in [0.1, 0.15) is 5.82 Å². The third kappa shape index (κ3) is 2.44. The van der Waals surface area contributed by atoms with Gasteiger partial charge in [-0.2, -0.15) is 5.10 Å². The van der Waals surface area contributed by atoms with Crippen molar-refractivity contribution in [2.75, 3.05) is 5.32 Å². The van der Waals surface area contributed by atoms with Crippen LogP contribution in [-0.4, -0.2) is 15.7 Å². The monoisotopic (exact) mass is 343 g/mol. The van der Waals surface area contributed by atoms with Crippen LogP contribution in [0.15, 0.2) is 24.3 Å². The molecule has 1 aromatic carbocycles. The summed E-state index contributed by atoms with van der Waals surface area (Å²) in [7, 11) is 1.91. The highest BCUT2D eigenvalue weighted by Crippen LogP contribution is 2.43. The first-order chi connectivity index (χ1) is 11.6. The van der Waals surface area contributed by atoms with Crippen LogP contribution in [-0.2, 0) is 30.1 Å². The summed E-state index contributed by atoms with van der Waals surface area (Å²) in [5.74, 6) is 0.979.